The van der Waals surface area contributed by atoms with Crippen LogP contribution in [0.2, 0.25) is 0 Å². The number of piperazine rings is 1. The van der Waals surface area contributed by atoms with E-state index in [0.717, 1.165) is 31.7 Å². The van der Waals surface area contributed by atoms with Crippen molar-refractivity contribution in [2.24, 2.45) is 0 Å². The number of amides is 3. The highest BCUT2D eigenvalue weighted by Gasteiger charge is 2.26. The number of nitrogens with zero attached hydrogens (tertiary/aromatic N) is 2. The molecule has 0 aromatic heterocycles. The Morgan fingerprint density at radius 2 is 1.52 bits per heavy atom. The van der Waals surface area contributed by atoms with Crippen LogP contribution >= 0.6 is 0 Å². The van der Waals surface area contributed by atoms with Crippen LogP contribution in [-0.2, 0) is 11.3 Å². The molecule has 0 saturated carbocycles. The molecule has 142 valence electrons. The summed E-state index contributed by atoms with van der Waals surface area (Å²) in [5.74, 6) is -0.270. The average molecular weight is 366 g/mol. The van der Waals surface area contributed by atoms with Crippen molar-refractivity contribution in [1.82, 2.24) is 15.5 Å². The van der Waals surface area contributed by atoms with E-state index in [9.17, 15) is 9.59 Å². The van der Waals surface area contributed by atoms with Gasteiger partial charge in [-0.3, -0.25) is 15.0 Å². The highest BCUT2D eigenvalue weighted by molar-refractivity contribution is 5.96. The van der Waals surface area contributed by atoms with Gasteiger partial charge >= 0.3 is 6.03 Å². The molecule has 1 atom stereocenters. The van der Waals surface area contributed by atoms with Crippen LogP contribution in [0, 0.1) is 0 Å². The Bertz CT molecular complexity index is 743. The number of urea groups is 1. The molecule has 0 aliphatic carbocycles. The van der Waals surface area contributed by atoms with Crippen molar-refractivity contribution < 1.29 is 9.59 Å². The molecule has 1 heterocycles. The number of carbonyl (C=O) groups is 2. The Kier molecular flexibility index (Phi) is 6.44. The SMILES string of the molecule is C[C@H](C(=O)NC(=O)NCc1ccccc1)N1CCN(c2ccccc2)CC1. The number of imide groups is 1. The summed E-state index contributed by atoms with van der Waals surface area (Å²) >= 11 is 0. The second-order valence-electron chi connectivity index (χ2n) is 6.69. The van der Waals surface area contributed by atoms with Crippen molar-refractivity contribution in [2.45, 2.75) is 19.5 Å². The molecule has 2 aromatic rings. The number of rotatable bonds is 5. The fraction of sp³-hybridized carbons (Fsp3) is 0.333. The van der Waals surface area contributed by atoms with Gasteiger partial charge < -0.3 is 10.2 Å². The maximum atomic E-state index is 12.4. The average Bonchev–Trinajstić information content (AvgIpc) is 2.73. The van der Waals surface area contributed by atoms with E-state index >= 15 is 0 Å². The zero-order valence-electron chi connectivity index (χ0n) is 15.6. The van der Waals surface area contributed by atoms with E-state index in [1.54, 1.807) is 0 Å². The molecular formula is C21H26N4O2. The minimum Gasteiger partial charge on any atom is -0.369 e. The third kappa shape index (κ3) is 5.31. The highest BCUT2D eigenvalue weighted by atomic mass is 16.2. The van der Waals surface area contributed by atoms with Crippen molar-refractivity contribution in [2.75, 3.05) is 31.1 Å². The fourth-order valence-electron chi connectivity index (χ4n) is 3.21. The van der Waals surface area contributed by atoms with Crippen molar-refractivity contribution in [3.63, 3.8) is 0 Å². The second kappa shape index (κ2) is 9.19. The van der Waals surface area contributed by atoms with Crippen LogP contribution in [0.5, 0.6) is 0 Å². The number of para-hydroxylation sites is 1. The Labute approximate surface area is 160 Å². The van der Waals surface area contributed by atoms with Crippen LogP contribution in [0.1, 0.15) is 12.5 Å². The number of benzene rings is 2. The summed E-state index contributed by atoms with van der Waals surface area (Å²) in [6.45, 7) is 5.54. The minimum atomic E-state index is -0.460. The van der Waals surface area contributed by atoms with Crippen molar-refractivity contribution in [1.29, 1.82) is 0 Å². The first-order valence-corrected chi connectivity index (χ1v) is 9.30. The summed E-state index contributed by atoms with van der Waals surface area (Å²) in [4.78, 5) is 28.8. The standard InChI is InChI=1S/C21H26N4O2/c1-17(20(26)23-21(27)22-16-18-8-4-2-5-9-18)24-12-14-25(15-13-24)19-10-6-3-7-11-19/h2-11,17H,12-16H2,1H3,(H2,22,23,26,27)/t17-/m1/s1. The summed E-state index contributed by atoms with van der Waals surface area (Å²) in [7, 11) is 0. The zero-order valence-corrected chi connectivity index (χ0v) is 15.6. The van der Waals surface area contributed by atoms with Crippen molar-refractivity contribution in [3.05, 3.63) is 66.2 Å². The molecule has 1 saturated heterocycles. The third-order valence-corrected chi connectivity index (χ3v) is 4.90. The summed E-state index contributed by atoms with van der Waals surface area (Å²) in [5.41, 5.74) is 2.19. The van der Waals surface area contributed by atoms with Gasteiger partial charge in [-0.05, 0) is 24.6 Å². The summed E-state index contributed by atoms with van der Waals surface area (Å²) < 4.78 is 0. The Balaban J connectivity index is 1.43. The van der Waals surface area contributed by atoms with Crippen LogP contribution in [0.4, 0.5) is 10.5 Å². The molecule has 2 aromatic carbocycles. The lowest BCUT2D eigenvalue weighted by molar-refractivity contribution is -0.124. The summed E-state index contributed by atoms with van der Waals surface area (Å²) in [6.07, 6.45) is 0. The predicted octanol–water partition coefficient (Wildman–Crippen LogP) is 2.22. The molecular weight excluding hydrogens is 340 g/mol. The van der Waals surface area contributed by atoms with Gasteiger partial charge in [0.15, 0.2) is 0 Å². The third-order valence-electron chi connectivity index (χ3n) is 4.90. The van der Waals surface area contributed by atoms with Gasteiger partial charge in [0.05, 0.1) is 6.04 Å². The smallest absolute Gasteiger partial charge is 0.321 e. The first-order valence-electron chi connectivity index (χ1n) is 9.30. The van der Waals surface area contributed by atoms with E-state index in [4.69, 9.17) is 0 Å². The quantitative estimate of drug-likeness (QED) is 0.852. The van der Waals surface area contributed by atoms with Crippen LogP contribution < -0.4 is 15.5 Å². The largest absolute Gasteiger partial charge is 0.369 e. The molecule has 0 unspecified atom stereocenters. The molecule has 6 nitrogen and oxygen atoms in total. The van der Waals surface area contributed by atoms with Gasteiger partial charge in [-0.25, -0.2) is 4.79 Å². The first-order chi connectivity index (χ1) is 13.1. The van der Waals surface area contributed by atoms with Gasteiger partial charge in [0, 0.05) is 38.4 Å². The Hall–Kier alpha value is -2.86. The second-order valence-corrected chi connectivity index (χ2v) is 6.69. The fourth-order valence-corrected chi connectivity index (χ4v) is 3.21. The van der Waals surface area contributed by atoms with Gasteiger partial charge in [0.2, 0.25) is 5.91 Å². The van der Waals surface area contributed by atoms with Crippen molar-refractivity contribution >= 4 is 17.6 Å². The molecule has 1 fully saturated rings. The van der Waals surface area contributed by atoms with Crippen LogP contribution in [0.15, 0.2) is 60.7 Å². The van der Waals surface area contributed by atoms with E-state index in [-0.39, 0.29) is 11.9 Å². The van der Waals surface area contributed by atoms with E-state index in [0.29, 0.717) is 6.54 Å². The van der Waals surface area contributed by atoms with Crippen LogP contribution in [0.3, 0.4) is 0 Å². The van der Waals surface area contributed by atoms with Gasteiger partial charge in [0.1, 0.15) is 0 Å². The molecule has 3 rings (SSSR count). The van der Waals surface area contributed by atoms with E-state index in [1.165, 1.54) is 5.69 Å². The maximum Gasteiger partial charge on any atom is 0.321 e. The number of hydrogen-bond acceptors (Lipinski definition) is 4. The number of anilines is 1. The van der Waals surface area contributed by atoms with Gasteiger partial charge in [0.25, 0.3) is 0 Å². The molecule has 0 spiro atoms. The zero-order chi connectivity index (χ0) is 19.1. The normalized spacial score (nSPS) is 15.8. The van der Waals surface area contributed by atoms with Gasteiger partial charge in [-0.2, -0.15) is 0 Å². The van der Waals surface area contributed by atoms with Gasteiger partial charge in [-0.1, -0.05) is 48.5 Å². The Morgan fingerprint density at radius 1 is 0.926 bits per heavy atom. The van der Waals surface area contributed by atoms with E-state index in [1.807, 2.05) is 55.5 Å². The highest BCUT2D eigenvalue weighted by Crippen LogP contribution is 2.16. The monoisotopic (exact) mass is 366 g/mol. The minimum absolute atomic E-state index is 0.270. The van der Waals surface area contributed by atoms with Crippen molar-refractivity contribution in [3.8, 4) is 0 Å². The number of carbonyl (C=O) groups excluding carboxylic acids is 2. The van der Waals surface area contributed by atoms with E-state index < -0.39 is 6.03 Å². The first kappa shape index (κ1) is 18.9. The number of hydrogen-bond donors (Lipinski definition) is 2. The molecule has 0 bridgehead atoms. The van der Waals surface area contributed by atoms with Gasteiger partial charge in [-0.15, -0.1) is 0 Å². The topological polar surface area (TPSA) is 64.7 Å². The molecule has 0 radical (unpaired) electrons. The van der Waals surface area contributed by atoms with Crippen LogP contribution in [-0.4, -0.2) is 49.1 Å². The lowest BCUT2D eigenvalue weighted by Crippen LogP contribution is -2.55. The molecule has 27 heavy (non-hydrogen) atoms. The molecule has 1 aliphatic heterocycles. The van der Waals surface area contributed by atoms with E-state index in [2.05, 4.69) is 32.6 Å². The molecule has 1 aliphatic rings. The number of nitrogens with one attached hydrogen (secondary N) is 2. The predicted molar refractivity (Wildman–Crippen MR) is 107 cm³/mol. The maximum absolute atomic E-state index is 12.4. The summed E-state index contributed by atoms with van der Waals surface area (Å²) in [5, 5.41) is 5.16. The molecule has 2 N–H and O–H groups in total. The van der Waals surface area contributed by atoms with Crippen LogP contribution in [0.25, 0.3) is 0 Å². The summed E-state index contributed by atoms with van der Waals surface area (Å²) in [6, 6.07) is 19.1. The lowest BCUT2D eigenvalue weighted by atomic mass is 10.2. The lowest BCUT2D eigenvalue weighted by Gasteiger charge is -2.38. The molecule has 3 amide bonds. The molecule has 6 heteroatoms. The Morgan fingerprint density at radius 3 is 2.15 bits per heavy atom.